The van der Waals surface area contributed by atoms with E-state index >= 15 is 0 Å². The van der Waals surface area contributed by atoms with Crippen LogP contribution in [0, 0.1) is 0 Å². The molecule has 8 aromatic rings. The molecule has 0 aliphatic carbocycles. The van der Waals surface area contributed by atoms with Gasteiger partial charge in [-0.15, -0.1) is 0 Å². The average Bonchev–Trinajstić information content (AvgIpc) is 3.65. The summed E-state index contributed by atoms with van der Waals surface area (Å²) >= 11 is 11.7. The number of nitrogens with one attached hydrogen (secondary N) is 2. The number of carbonyl (C=O) groups excluding carboxylic acids is 5. The minimum atomic E-state index is -0.444. The molecule has 4 N–H and O–H groups in total. The van der Waals surface area contributed by atoms with Crippen LogP contribution in [-0.4, -0.2) is 71.9 Å². The molecule has 0 saturated carbocycles. The number of ketones is 2. The van der Waals surface area contributed by atoms with E-state index in [1.807, 2.05) is 119 Å². The highest BCUT2D eigenvalue weighted by atomic mass is 79.9. The van der Waals surface area contributed by atoms with Crippen molar-refractivity contribution in [3.8, 4) is 11.1 Å². The van der Waals surface area contributed by atoms with Gasteiger partial charge in [0.25, 0.3) is 5.24 Å². The van der Waals surface area contributed by atoms with Crippen LogP contribution in [0.3, 0.4) is 0 Å². The van der Waals surface area contributed by atoms with E-state index in [0.29, 0.717) is 34.9 Å². The number of Topliss-reactive ketones (excluding diaryl/α,β-unsaturated/α-hetero) is 2. The first kappa shape index (κ1) is 60.3. The van der Waals surface area contributed by atoms with E-state index in [1.165, 1.54) is 13.8 Å². The Kier molecular flexibility index (Phi) is 23.2. The number of nitrogens with zero attached hydrogens (tertiary/aromatic N) is 5. The summed E-state index contributed by atoms with van der Waals surface area (Å²) in [6.07, 6.45) is 14.1. The highest BCUT2D eigenvalue weighted by Crippen LogP contribution is 2.36. The number of pyridine rings is 5. The maximum atomic E-state index is 12.4. The SMILES string of the molecule is CC(=O)Nc1cc(-c2cncc(CC(=O)c3ccccc3)c2)ccn1.CC(=O)Nc1cc(B2OC(C)(C)C(C)(C)O2)ccn1.Nc1cncc(Br)c1.O=C(Cc1cncc(Br)c1)c1ccccc1.O=C(Cl)c1ccccc1. The molecule has 0 spiro atoms. The predicted octanol–water partition coefficient (Wildman–Crippen LogP) is 11.6. The molecule has 2 amide bonds. The van der Waals surface area contributed by atoms with E-state index in [1.54, 1.807) is 92.0 Å². The molecule has 1 fully saturated rings. The van der Waals surface area contributed by atoms with Crippen molar-refractivity contribution >= 4 is 102 Å². The van der Waals surface area contributed by atoms with Gasteiger partial charge in [-0.05, 0) is 136 Å². The second kappa shape index (κ2) is 29.6. The van der Waals surface area contributed by atoms with Crippen LogP contribution in [0.4, 0.5) is 17.3 Å². The molecule has 0 radical (unpaired) electrons. The van der Waals surface area contributed by atoms with Gasteiger partial charge in [0.15, 0.2) is 11.6 Å². The maximum absolute atomic E-state index is 12.4. The van der Waals surface area contributed by atoms with E-state index in [-0.39, 0.29) is 41.0 Å². The fraction of sp³-hybridized carbons (Fsp3) is 0.172. The summed E-state index contributed by atoms with van der Waals surface area (Å²) in [5.74, 6) is 0.813. The van der Waals surface area contributed by atoms with Crippen molar-refractivity contribution in [3.05, 3.63) is 220 Å². The lowest BCUT2D eigenvalue weighted by Crippen LogP contribution is -2.41. The van der Waals surface area contributed by atoms with Gasteiger partial charge in [0.1, 0.15) is 11.6 Å². The summed E-state index contributed by atoms with van der Waals surface area (Å²) in [4.78, 5) is 77.1. The Morgan fingerprint density at radius 3 is 1.43 bits per heavy atom. The largest absolute Gasteiger partial charge is 0.495 e. The maximum Gasteiger partial charge on any atom is 0.495 e. The number of aromatic nitrogens is 5. The molecule has 5 aromatic heterocycles. The number of anilines is 3. The average molecular weight is 1180 g/mol. The second-order valence-electron chi connectivity index (χ2n) is 18.0. The highest BCUT2D eigenvalue weighted by Gasteiger charge is 2.51. The van der Waals surface area contributed by atoms with Gasteiger partial charge in [0.05, 0.1) is 16.9 Å². The Labute approximate surface area is 470 Å². The summed E-state index contributed by atoms with van der Waals surface area (Å²) in [6.45, 7) is 10.9. The molecule has 9 rings (SSSR count). The van der Waals surface area contributed by atoms with Crippen molar-refractivity contribution in [3.63, 3.8) is 0 Å². The highest BCUT2D eigenvalue weighted by molar-refractivity contribution is 9.10. The molecule has 77 heavy (non-hydrogen) atoms. The Morgan fingerprint density at radius 1 is 0.545 bits per heavy atom. The normalized spacial score (nSPS) is 12.5. The number of amides is 2. The zero-order valence-electron chi connectivity index (χ0n) is 43.1. The molecule has 15 nitrogen and oxygen atoms in total. The van der Waals surface area contributed by atoms with E-state index in [2.05, 4.69) is 67.4 Å². The van der Waals surface area contributed by atoms with Gasteiger partial charge in [-0.1, -0.05) is 91.0 Å². The summed E-state index contributed by atoms with van der Waals surface area (Å²) in [5, 5.41) is 4.90. The fourth-order valence-electron chi connectivity index (χ4n) is 6.80. The summed E-state index contributed by atoms with van der Waals surface area (Å²) in [7, 11) is -0.444. The first-order chi connectivity index (χ1) is 36.7. The number of halogens is 3. The molecule has 0 bridgehead atoms. The third-order valence-corrected chi connectivity index (χ3v) is 12.3. The Morgan fingerprint density at radius 2 is 0.987 bits per heavy atom. The van der Waals surface area contributed by atoms with Crippen LogP contribution in [0.2, 0.25) is 0 Å². The molecular formula is C58H56BBr2ClN8O7. The predicted molar refractivity (Wildman–Crippen MR) is 310 cm³/mol. The number of rotatable bonds is 11. The van der Waals surface area contributed by atoms with Crippen LogP contribution in [0.15, 0.2) is 192 Å². The van der Waals surface area contributed by atoms with Gasteiger partial charge >= 0.3 is 7.12 Å². The minimum Gasteiger partial charge on any atom is -0.399 e. The van der Waals surface area contributed by atoms with Gasteiger partial charge in [-0.3, -0.25) is 38.9 Å². The summed E-state index contributed by atoms with van der Waals surface area (Å²) < 4.78 is 13.7. The molecular weight excluding hydrogens is 1130 g/mol. The lowest BCUT2D eigenvalue weighted by atomic mass is 9.80. The molecule has 1 saturated heterocycles. The Balaban J connectivity index is 0.000000188. The molecule has 6 heterocycles. The molecule has 19 heteroatoms. The van der Waals surface area contributed by atoms with Crippen LogP contribution in [0.1, 0.15) is 83.7 Å². The molecule has 0 atom stereocenters. The van der Waals surface area contributed by atoms with Crippen molar-refractivity contribution in [2.75, 3.05) is 16.4 Å². The first-order valence-electron chi connectivity index (χ1n) is 23.8. The Bertz CT molecular complexity index is 3220. The van der Waals surface area contributed by atoms with Gasteiger partial charge in [-0.2, -0.15) is 0 Å². The second-order valence-corrected chi connectivity index (χ2v) is 20.1. The fourth-order valence-corrected chi connectivity index (χ4v) is 7.72. The number of hydrogen-bond acceptors (Lipinski definition) is 13. The zero-order chi connectivity index (χ0) is 56.0. The summed E-state index contributed by atoms with van der Waals surface area (Å²) in [6, 6.07) is 40.1. The number of nitrogen functional groups attached to an aromatic ring is 1. The topological polar surface area (TPSA) is 218 Å². The van der Waals surface area contributed by atoms with Crippen LogP contribution in [-0.2, 0) is 31.7 Å². The molecule has 3 aromatic carbocycles. The van der Waals surface area contributed by atoms with Crippen LogP contribution >= 0.6 is 43.5 Å². The van der Waals surface area contributed by atoms with Crippen LogP contribution in [0.25, 0.3) is 11.1 Å². The number of benzene rings is 3. The van der Waals surface area contributed by atoms with Crippen molar-refractivity contribution in [1.29, 1.82) is 0 Å². The Hall–Kier alpha value is -7.61. The van der Waals surface area contributed by atoms with E-state index in [9.17, 15) is 24.0 Å². The molecule has 394 valence electrons. The van der Waals surface area contributed by atoms with E-state index in [0.717, 1.165) is 42.2 Å². The van der Waals surface area contributed by atoms with Crippen molar-refractivity contribution in [2.24, 2.45) is 0 Å². The third-order valence-electron chi connectivity index (χ3n) is 11.2. The quantitative estimate of drug-likeness (QED) is 0.0624. The van der Waals surface area contributed by atoms with Gasteiger partial charge in [-0.25, -0.2) is 9.97 Å². The smallest absolute Gasteiger partial charge is 0.399 e. The van der Waals surface area contributed by atoms with Gasteiger partial charge in [0.2, 0.25) is 11.8 Å². The molecule has 1 aliphatic heterocycles. The van der Waals surface area contributed by atoms with Crippen LogP contribution < -0.4 is 21.8 Å². The number of carbonyl (C=O) groups is 5. The van der Waals surface area contributed by atoms with Crippen molar-refractivity contribution in [1.82, 2.24) is 24.9 Å². The lowest BCUT2D eigenvalue weighted by Gasteiger charge is -2.32. The van der Waals surface area contributed by atoms with Crippen molar-refractivity contribution < 1.29 is 33.3 Å². The monoisotopic (exact) mass is 1180 g/mol. The third kappa shape index (κ3) is 20.5. The number of hydrogen-bond donors (Lipinski definition) is 3. The van der Waals surface area contributed by atoms with Gasteiger partial charge in [0, 0.05) is 107 Å². The standard InChI is InChI=1S/C20H17N3O2.C13H19BN2O3.C13H10BrNO.C7H5ClO.C5H5BrN2/c1-14(24)23-20-11-17(7-8-22-20)18-9-15(12-21-13-18)10-19(25)16-5-3-2-4-6-16;1-9(17)16-11-8-10(6-7-15-11)14-18-12(2,3)13(4,5)19-14;14-12-6-10(8-15-9-12)7-13(16)11-4-2-1-3-5-11;8-7(9)6-4-2-1-3-5-6;6-4-1-5(7)3-8-2-4/h2-9,11-13H,10H2,1H3,(H,22,23,24);6-8H,1-5H3,(H,15,16,17);1-6,8-9H,7H2;1-5H;1-3H,7H2. The van der Waals surface area contributed by atoms with E-state index < -0.39 is 12.4 Å². The molecule has 1 aliphatic rings. The summed E-state index contributed by atoms with van der Waals surface area (Å²) in [5.41, 5.74) is 11.6. The van der Waals surface area contributed by atoms with Gasteiger partial charge < -0.3 is 25.7 Å². The lowest BCUT2D eigenvalue weighted by molar-refractivity contribution is -0.115. The first-order valence-corrected chi connectivity index (χ1v) is 25.8. The zero-order valence-corrected chi connectivity index (χ0v) is 47.0. The molecule has 0 unspecified atom stereocenters. The van der Waals surface area contributed by atoms with Crippen molar-refractivity contribution in [2.45, 2.75) is 65.6 Å². The van der Waals surface area contributed by atoms with E-state index in [4.69, 9.17) is 26.6 Å². The minimum absolute atomic E-state index is 0.0493. The van der Waals surface area contributed by atoms with Crippen LogP contribution in [0.5, 0.6) is 0 Å². The number of nitrogens with two attached hydrogens (primary N) is 1.